The van der Waals surface area contributed by atoms with Crippen molar-refractivity contribution in [1.29, 1.82) is 0 Å². The molecule has 2 unspecified atom stereocenters. The second-order valence-corrected chi connectivity index (χ2v) is 5.41. The minimum atomic E-state index is 0.443. The number of hydrogen-bond acceptors (Lipinski definition) is 3. The van der Waals surface area contributed by atoms with E-state index in [9.17, 15) is 0 Å². The maximum atomic E-state index is 5.49. The minimum absolute atomic E-state index is 0.443. The number of nitrogens with one attached hydrogen (secondary N) is 1. The van der Waals surface area contributed by atoms with Crippen molar-refractivity contribution in [3.63, 3.8) is 0 Å². The number of benzene rings is 1. The molecular formula is C16H26N2O. The zero-order chi connectivity index (χ0) is 13.7. The van der Waals surface area contributed by atoms with E-state index in [0.717, 1.165) is 18.9 Å². The van der Waals surface area contributed by atoms with Crippen molar-refractivity contribution in [2.24, 2.45) is 0 Å². The molecule has 2 rings (SSSR count). The van der Waals surface area contributed by atoms with Crippen LogP contribution in [0, 0.1) is 0 Å². The highest BCUT2D eigenvalue weighted by Gasteiger charge is 2.19. The van der Waals surface area contributed by atoms with E-state index in [4.69, 9.17) is 4.74 Å². The van der Waals surface area contributed by atoms with Gasteiger partial charge in [0.15, 0.2) is 0 Å². The van der Waals surface area contributed by atoms with Crippen LogP contribution in [0.5, 0.6) is 5.75 Å². The molecule has 3 nitrogen and oxygen atoms in total. The maximum absolute atomic E-state index is 5.49. The van der Waals surface area contributed by atoms with E-state index in [1.807, 2.05) is 6.92 Å². The molecule has 1 aromatic carbocycles. The van der Waals surface area contributed by atoms with Crippen LogP contribution in [0.3, 0.4) is 0 Å². The zero-order valence-electron chi connectivity index (χ0n) is 12.4. The summed E-state index contributed by atoms with van der Waals surface area (Å²) in [7, 11) is 2.21. The Kier molecular flexibility index (Phi) is 5.23. The van der Waals surface area contributed by atoms with Crippen molar-refractivity contribution in [2.45, 2.75) is 38.8 Å². The van der Waals surface area contributed by atoms with Gasteiger partial charge in [0.2, 0.25) is 0 Å². The lowest BCUT2D eigenvalue weighted by molar-refractivity contribution is 0.238. The molecule has 0 amide bonds. The Morgan fingerprint density at radius 2 is 2.11 bits per heavy atom. The zero-order valence-corrected chi connectivity index (χ0v) is 12.4. The second kappa shape index (κ2) is 6.92. The molecule has 1 saturated heterocycles. The molecule has 0 aliphatic carbocycles. The van der Waals surface area contributed by atoms with Crippen LogP contribution in [0.1, 0.15) is 38.3 Å². The minimum Gasteiger partial charge on any atom is -0.494 e. The highest BCUT2D eigenvalue weighted by Crippen LogP contribution is 2.22. The lowest BCUT2D eigenvalue weighted by Gasteiger charge is -2.28. The SMILES string of the molecule is CCOc1ccc(C(C)N(C)CC2CCCN2)cc1. The van der Waals surface area contributed by atoms with Crippen LogP contribution in [-0.2, 0) is 0 Å². The predicted octanol–water partition coefficient (Wildman–Crippen LogP) is 2.83. The lowest BCUT2D eigenvalue weighted by atomic mass is 10.1. The quantitative estimate of drug-likeness (QED) is 0.853. The first-order chi connectivity index (χ1) is 9.20. The highest BCUT2D eigenvalue weighted by molar-refractivity contribution is 5.29. The number of nitrogens with zero attached hydrogens (tertiary/aromatic N) is 1. The van der Waals surface area contributed by atoms with Gasteiger partial charge < -0.3 is 10.1 Å². The van der Waals surface area contributed by atoms with Crippen molar-refractivity contribution in [2.75, 3.05) is 26.7 Å². The summed E-state index contributed by atoms with van der Waals surface area (Å²) in [5, 5.41) is 3.56. The molecule has 1 aliphatic rings. The van der Waals surface area contributed by atoms with E-state index in [2.05, 4.69) is 48.5 Å². The van der Waals surface area contributed by atoms with Crippen LogP contribution in [0.15, 0.2) is 24.3 Å². The van der Waals surface area contributed by atoms with Crippen molar-refractivity contribution in [3.8, 4) is 5.75 Å². The molecule has 0 spiro atoms. The molecule has 1 aliphatic heterocycles. The summed E-state index contributed by atoms with van der Waals surface area (Å²) >= 11 is 0. The normalized spacial score (nSPS) is 20.7. The van der Waals surface area contributed by atoms with E-state index >= 15 is 0 Å². The third-order valence-electron chi connectivity index (χ3n) is 4.01. The van der Waals surface area contributed by atoms with E-state index in [-0.39, 0.29) is 0 Å². The number of likely N-dealkylation sites (N-methyl/N-ethyl adjacent to an activating group) is 1. The first-order valence-electron chi connectivity index (χ1n) is 7.37. The summed E-state index contributed by atoms with van der Waals surface area (Å²) in [5.41, 5.74) is 1.35. The molecule has 1 aromatic rings. The molecule has 2 atom stereocenters. The van der Waals surface area contributed by atoms with Gasteiger partial charge in [0.05, 0.1) is 6.61 Å². The molecular weight excluding hydrogens is 236 g/mol. The van der Waals surface area contributed by atoms with Gasteiger partial charge >= 0.3 is 0 Å². The van der Waals surface area contributed by atoms with Crippen LogP contribution >= 0.6 is 0 Å². The number of hydrogen-bond donors (Lipinski definition) is 1. The third-order valence-corrected chi connectivity index (χ3v) is 4.01. The fourth-order valence-electron chi connectivity index (χ4n) is 2.68. The second-order valence-electron chi connectivity index (χ2n) is 5.41. The molecule has 106 valence electrons. The largest absolute Gasteiger partial charge is 0.494 e. The first kappa shape index (κ1) is 14.4. The third kappa shape index (κ3) is 3.95. The Labute approximate surface area is 116 Å². The summed E-state index contributed by atoms with van der Waals surface area (Å²) in [4.78, 5) is 2.43. The Bertz CT molecular complexity index is 371. The predicted molar refractivity (Wildman–Crippen MR) is 79.7 cm³/mol. The average molecular weight is 262 g/mol. The van der Waals surface area contributed by atoms with Gasteiger partial charge in [-0.1, -0.05) is 12.1 Å². The molecule has 19 heavy (non-hydrogen) atoms. The van der Waals surface area contributed by atoms with E-state index in [0.29, 0.717) is 12.1 Å². The molecule has 0 bridgehead atoms. The van der Waals surface area contributed by atoms with Crippen LogP contribution in [-0.4, -0.2) is 37.7 Å². The summed E-state index contributed by atoms with van der Waals surface area (Å²) in [6, 6.07) is 9.59. The summed E-state index contributed by atoms with van der Waals surface area (Å²) in [6.45, 7) is 7.30. The van der Waals surface area contributed by atoms with Crippen LogP contribution < -0.4 is 10.1 Å². The molecule has 1 heterocycles. The Morgan fingerprint density at radius 3 is 2.68 bits per heavy atom. The Morgan fingerprint density at radius 1 is 1.37 bits per heavy atom. The maximum Gasteiger partial charge on any atom is 0.119 e. The molecule has 3 heteroatoms. The standard InChI is InChI=1S/C16H26N2O/c1-4-19-16-9-7-14(8-10-16)13(2)18(3)12-15-6-5-11-17-15/h7-10,13,15,17H,4-6,11-12H2,1-3H3. The van der Waals surface area contributed by atoms with Gasteiger partial charge in [0.25, 0.3) is 0 Å². The number of rotatable bonds is 6. The van der Waals surface area contributed by atoms with E-state index in [1.165, 1.54) is 24.9 Å². The first-order valence-corrected chi connectivity index (χ1v) is 7.37. The van der Waals surface area contributed by atoms with Crippen molar-refractivity contribution in [1.82, 2.24) is 10.2 Å². The topological polar surface area (TPSA) is 24.5 Å². The summed E-state index contributed by atoms with van der Waals surface area (Å²) in [6.07, 6.45) is 2.62. The van der Waals surface area contributed by atoms with Crippen LogP contribution in [0.25, 0.3) is 0 Å². The van der Waals surface area contributed by atoms with Gasteiger partial charge in [0, 0.05) is 18.6 Å². The van der Waals surface area contributed by atoms with E-state index in [1.54, 1.807) is 0 Å². The van der Waals surface area contributed by atoms with Crippen molar-refractivity contribution in [3.05, 3.63) is 29.8 Å². The van der Waals surface area contributed by atoms with Gasteiger partial charge in [-0.3, -0.25) is 4.90 Å². The Hall–Kier alpha value is -1.06. The molecule has 0 saturated carbocycles. The average Bonchev–Trinajstić information content (AvgIpc) is 2.92. The van der Waals surface area contributed by atoms with Crippen molar-refractivity contribution < 1.29 is 4.74 Å². The molecule has 1 fully saturated rings. The Balaban J connectivity index is 1.91. The van der Waals surface area contributed by atoms with Gasteiger partial charge in [-0.25, -0.2) is 0 Å². The summed E-state index contributed by atoms with van der Waals surface area (Å²) < 4.78 is 5.49. The van der Waals surface area contributed by atoms with E-state index < -0.39 is 0 Å². The van der Waals surface area contributed by atoms with Gasteiger partial charge in [0.1, 0.15) is 5.75 Å². The molecule has 0 radical (unpaired) electrons. The van der Waals surface area contributed by atoms with Crippen LogP contribution in [0.2, 0.25) is 0 Å². The van der Waals surface area contributed by atoms with Crippen LogP contribution in [0.4, 0.5) is 0 Å². The fourth-order valence-corrected chi connectivity index (χ4v) is 2.68. The molecule has 0 aromatic heterocycles. The number of ether oxygens (including phenoxy) is 1. The van der Waals surface area contributed by atoms with Gasteiger partial charge in [-0.05, 0) is 58.0 Å². The monoisotopic (exact) mass is 262 g/mol. The smallest absolute Gasteiger partial charge is 0.119 e. The highest BCUT2D eigenvalue weighted by atomic mass is 16.5. The van der Waals surface area contributed by atoms with Gasteiger partial charge in [-0.15, -0.1) is 0 Å². The lowest BCUT2D eigenvalue weighted by Crippen LogP contribution is -2.36. The fraction of sp³-hybridized carbons (Fsp3) is 0.625. The summed E-state index contributed by atoms with van der Waals surface area (Å²) in [5.74, 6) is 0.957. The molecule has 1 N–H and O–H groups in total. The van der Waals surface area contributed by atoms with Crippen molar-refractivity contribution >= 4 is 0 Å². The van der Waals surface area contributed by atoms with Gasteiger partial charge in [-0.2, -0.15) is 0 Å².